The Morgan fingerprint density at radius 3 is 2.62 bits per heavy atom. The van der Waals surface area contributed by atoms with Gasteiger partial charge in [-0.1, -0.05) is 38.3 Å². The summed E-state index contributed by atoms with van der Waals surface area (Å²) in [4.78, 5) is 11.1. The van der Waals surface area contributed by atoms with E-state index in [1.165, 1.54) is 12.8 Å². The Labute approximate surface area is 95.6 Å². The van der Waals surface area contributed by atoms with Gasteiger partial charge in [0.05, 0.1) is 5.69 Å². The first-order valence-corrected chi connectivity index (χ1v) is 5.91. The predicted octanol–water partition coefficient (Wildman–Crippen LogP) is 3.06. The molecule has 90 valence electrons. The van der Waals surface area contributed by atoms with Crippen LogP contribution in [0.4, 0.5) is 0 Å². The highest BCUT2D eigenvalue weighted by molar-refractivity contribution is 5.89. The van der Waals surface area contributed by atoms with Gasteiger partial charge in [0.15, 0.2) is 5.76 Å². The van der Waals surface area contributed by atoms with Crippen LogP contribution in [-0.4, -0.2) is 16.2 Å². The second kappa shape index (κ2) is 6.30. The molecule has 0 amide bonds. The van der Waals surface area contributed by atoms with Crippen molar-refractivity contribution in [3.8, 4) is 0 Å². The van der Waals surface area contributed by atoms with Gasteiger partial charge in [0, 0.05) is 6.42 Å². The minimum Gasteiger partial charge on any atom is -0.477 e. The molecule has 0 spiro atoms. The first-order chi connectivity index (χ1) is 7.70. The number of hydrogen-bond donors (Lipinski definition) is 1. The molecule has 1 rings (SSSR count). The molecule has 0 aliphatic heterocycles. The van der Waals surface area contributed by atoms with Crippen molar-refractivity contribution in [3.63, 3.8) is 0 Å². The van der Waals surface area contributed by atoms with Crippen LogP contribution in [0.15, 0.2) is 4.52 Å². The maximum absolute atomic E-state index is 11.1. The lowest BCUT2D eigenvalue weighted by Gasteiger charge is -1.98. The first kappa shape index (κ1) is 12.7. The SMILES string of the molecule is CCCCCCc1noc(CC)c1C(=O)O. The highest BCUT2D eigenvalue weighted by Crippen LogP contribution is 2.17. The molecular weight excluding hydrogens is 206 g/mol. The number of hydrogen-bond acceptors (Lipinski definition) is 3. The molecule has 0 bridgehead atoms. The average molecular weight is 225 g/mol. The summed E-state index contributed by atoms with van der Waals surface area (Å²) in [5, 5.41) is 12.9. The first-order valence-electron chi connectivity index (χ1n) is 5.91. The van der Waals surface area contributed by atoms with Gasteiger partial charge in [0.25, 0.3) is 0 Å². The number of aryl methyl sites for hydroxylation is 2. The lowest BCUT2D eigenvalue weighted by Crippen LogP contribution is -2.03. The third-order valence-corrected chi connectivity index (χ3v) is 2.64. The van der Waals surface area contributed by atoms with Crippen LogP contribution in [0.2, 0.25) is 0 Å². The van der Waals surface area contributed by atoms with Crippen LogP contribution in [0, 0.1) is 0 Å². The van der Waals surface area contributed by atoms with Crippen molar-refractivity contribution >= 4 is 5.97 Å². The number of aromatic carboxylic acids is 1. The average Bonchev–Trinajstić information content (AvgIpc) is 2.67. The van der Waals surface area contributed by atoms with E-state index in [-0.39, 0.29) is 5.56 Å². The fourth-order valence-corrected chi connectivity index (χ4v) is 1.74. The van der Waals surface area contributed by atoms with Crippen molar-refractivity contribution in [2.24, 2.45) is 0 Å². The number of aromatic nitrogens is 1. The minimum atomic E-state index is -0.927. The van der Waals surface area contributed by atoms with E-state index < -0.39 is 5.97 Å². The zero-order valence-corrected chi connectivity index (χ0v) is 9.95. The van der Waals surface area contributed by atoms with Crippen LogP contribution in [0.3, 0.4) is 0 Å². The lowest BCUT2D eigenvalue weighted by atomic mass is 10.1. The van der Waals surface area contributed by atoms with E-state index in [2.05, 4.69) is 12.1 Å². The van der Waals surface area contributed by atoms with Gasteiger partial charge >= 0.3 is 5.97 Å². The van der Waals surface area contributed by atoms with E-state index in [9.17, 15) is 4.79 Å². The van der Waals surface area contributed by atoms with E-state index in [0.29, 0.717) is 24.3 Å². The predicted molar refractivity (Wildman–Crippen MR) is 60.7 cm³/mol. The van der Waals surface area contributed by atoms with Crippen LogP contribution in [-0.2, 0) is 12.8 Å². The molecule has 16 heavy (non-hydrogen) atoms. The molecule has 1 aromatic heterocycles. The number of unbranched alkanes of at least 4 members (excludes halogenated alkanes) is 3. The van der Waals surface area contributed by atoms with E-state index in [1.54, 1.807) is 0 Å². The Bertz CT molecular complexity index is 344. The summed E-state index contributed by atoms with van der Waals surface area (Å²) >= 11 is 0. The van der Waals surface area contributed by atoms with Gasteiger partial charge in [0.1, 0.15) is 5.56 Å². The summed E-state index contributed by atoms with van der Waals surface area (Å²) in [6, 6.07) is 0. The molecule has 1 N–H and O–H groups in total. The van der Waals surface area contributed by atoms with Crippen molar-refractivity contribution in [3.05, 3.63) is 17.0 Å². The lowest BCUT2D eigenvalue weighted by molar-refractivity contribution is 0.0693. The van der Waals surface area contributed by atoms with Gasteiger partial charge < -0.3 is 9.63 Å². The number of carboxylic acids is 1. The van der Waals surface area contributed by atoms with Crippen LogP contribution < -0.4 is 0 Å². The fourth-order valence-electron chi connectivity index (χ4n) is 1.74. The third kappa shape index (κ3) is 3.08. The molecule has 0 atom stereocenters. The number of carboxylic acid groups (broad SMARTS) is 1. The molecule has 0 aliphatic carbocycles. The number of rotatable bonds is 7. The Morgan fingerprint density at radius 1 is 1.31 bits per heavy atom. The number of carbonyl (C=O) groups is 1. The molecule has 0 unspecified atom stereocenters. The standard InChI is InChI=1S/C12H19NO3/c1-3-5-6-7-8-9-11(12(14)15)10(4-2)16-13-9/h3-8H2,1-2H3,(H,14,15). The second-order valence-electron chi connectivity index (χ2n) is 3.90. The van der Waals surface area contributed by atoms with Crippen LogP contribution in [0.1, 0.15) is 61.3 Å². The van der Waals surface area contributed by atoms with Crippen LogP contribution in [0.5, 0.6) is 0 Å². The van der Waals surface area contributed by atoms with E-state index in [1.807, 2.05) is 6.92 Å². The Balaban J connectivity index is 2.65. The summed E-state index contributed by atoms with van der Waals surface area (Å²) in [5.41, 5.74) is 0.874. The summed E-state index contributed by atoms with van der Waals surface area (Å²) < 4.78 is 5.03. The van der Waals surface area contributed by atoms with Gasteiger partial charge in [-0.25, -0.2) is 4.79 Å². The van der Waals surface area contributed by atoms with Crippen molar-refractivity contribution < 1.29 is 14.4 Å². The monoisotopic (exact) mass is 225 g/mol. The van der Waals surface area contributed by atoms with E-state index >= 15 is 0 Å². The molecule has 1 aromatic rings. The molecule has 0 saturated carbocycles. The summed E-state index contributed by atoms with van der Waals surface area (Å²) in [6.45, 7) is 4.02. The summed E-state index contributed by atoms with van der Waals surface area (Å²) in [7, 11) is 0. The van der Waals surface area contributed by atoms with E-state index in [0.717, 1.165) is 12.8 Å². The molecule has 4 nitrogen and oxygen atoms in total. The molecule has 1 heterocycles. The number of nitrogens with zero attached hydrogens (tertiary/aromatic N) is 1. The highest BCUT2D eigenvalue weighted by atomic mass is 16.5. The fraction of sp³-hybridized carbons (Fsp3) is 0.667. The van der Waals surface area contributed by atoms with Crippen LogP contribution >= 0.6 is 0 Å². The van der Waals surface area contributed by atoms with E-state index in [4.69, 9.17) is 9.63 Å². The molecule has 0 fully saturated rings. The molecule has 0 radical (unpaired) electrons. The molecular formula is C12H19NO3. The Hall–Kier alpha value is -1.32. The summed E-state index contributed by atoms with van der Waals surface area (Å²) in [5.74, 6) is -0.443. The Morgan fingerprint density at radius 2 is 2.06 bits per heavy atom. The van der Waals surface area contributed by atoms with Gasteiger partial charge in [-0.15, -0.1) is 0 Å². The molecule has 0 saturated heterocycles. The third-order valence-electron chi connectivity index (χ3n) is 2.64. The van der Waals surface area contributed by atoms with Crippen molar-refractivity contribution in [1.82, 2.24) is 5.16 Å². The molecule has 0 aliphatic rings. The topological polar surface area (TPSA) is 63.3 Å². The van der Waals surface area contributed by atoms with Crippen LogP contribution in [0.25, 0.3) is 0 Å². The maximum atomic E-state index is 11.1. The molecule has 4 heteroatoms. The highest BCUT2D eigenvalue weighted by Gasteiger charge is 2.20. The zero-order chi connectivity index (χ0) is 12.0. The molecule has 0 aromatic carbocycles. The normalized spacial score (nSPS) is 10.6. The van der Waals surface area contributed by atoms with Crippen molar-refractivity contribution in [2.75, 3.05) is 0 Å². The smallest absolute Gasteiger partial charge is 0.341 e. The zero-order valence-electron chi connectivity index (χ0n) is 9.95. The maximum Gasteiger partial charge on any atom is 0.341 e. The Kier molecular flexibility index (Phi) is 5.02. The minimum absolute atomic E-state index is 0.277. The van der Waals surface area contributed by atoms with Gasteiger partial charge in [-0.05, 0) is 12.8 Å². The van der Waals surface area contributed by atoms with Crippen molar-refractivity contribution in [2.45, 2.75) is 52.4 Å². The summed E-state index contributed by atoms with van der Waals surface area (Å²) in [6.07, 6.45) is 5.72. The largest absolute Gasteiger partial charge is 0.477 e. The van der Waals surface area contributed by atoms with Gasteiger partial charge in [-0.3, -0.25) is 0 Å². The van der Waals surface area contributed by atoms with Gasteiger partial charge in [-0.2, -0.15) is 0 Å². The van der Waals surface area contributed by atoms with Gasteiger partial charge in [0.2, 0.25) is 0 Å². The van der Waals surface area contributed by atoms with Crippen molar-refractivity contribution in [1.29, 1.82) is 0 Å². The second-order valence-corrected chi connectivity index (χ2v) is 3.90. The quantitative estimate of drug-likeness (QED) is 0.724.